The molecule has 1 aliphatic heterocycles. The Hall–Kier alpha value is -1.16. The number of thioether (sulfide) groups is 1. The van der Waals surface area contributed by atoms with Gasteiger partial charge in [-0.05, 0) is 17.9 Å². The van der Waals surface area contributed by atoms with Gasteiger partial charge in [0.15, 0.2) is 4.34 Å². The third-order valence-corrected chi connectivity index (χ3v) is 6.80. The molecule has 1 amide bonds. The molecule has 2 aromatic heterocycles. The molecule has 0 saturated carbocycles. The van der Waals surface area contributed by atoms with Crippen molar-refractivity contribution in [2.45, 2.75) is 24.2 Å². The van der Waals surface area contributed by atoms with Crippen LogP contribution in [0, 0.1) is 0 Å². The summed E-state index contributed by atoms with van der Waals surface area (Å²) in [7, 11) is 0. The third kappa shape index (κ3) is 5.67. The number of nitrogens with one attached hydrogen (secondary N) is 1. The van der Waals surface area contributed by atoms with E-state index >= 15 is 0 Å². The number of aromatic nitrogens is 2. The zero-order chi connectivity index (χ0) is 17.5. The molecule has 0 bridgehead atoms. The zero-order valence-corrected chi connectivity index (χ0v) is 16.8. The summed E-state index contributed by atoms with van der Waals surface area (Å²) in [4.78, 5) is 18.2. The highest BCUT2D eigenvalue weighted by Crippen LogP contribution is 2.25. The van der Waals surface area contributed by atoms with Crippen LogP contribution in [0.15, 0.2) is 21.9 Å². The van der Waals surface area contributed by atoms with E-state index in [-0.39, 0.29) is 5.91 Å². The fourth-order valence-corrected chi connectivity index (χ4v) is 4.99. The Balaban J connectivity index is 1.38. The minimum Gasteiger partial charge on any atom is -0.360 e. The quantitative estimate of drug-likeness (QED) is 0.691. The molecule has 3 heterocycles. The van der Waals surface area contributed by atoms with Crippen molar-refractivity contribution < 1.29 is 4.79 Å². The lowest BCUT2D eigenvalue weighted by Crippen LogP contribution is -2.48. The Morgan fingerprint density at radius 1 is 1.32 bits per heavy atom. The number of hydrogen-bond donors (Lipinski definition) is 1. The lowest BCUT2D eigenvalue weighted by atomic mass is 10.3. The van der Waals surface area contributed by atoms with E-state index in [1.165, 1.54) is 28.0 Å². The van der Waals surface area contributed by atoms with E-state index in [1.807, 2.05) is 4.90 Å². The SMILES string of the molecule is CCCNc1nnc(SCC(=O)N2CCN(Cc3cccs3)CC2)s1. The van der Waals surface area contributed by atoms with Crippen LogP contribution in [-0.4, -0.2) is 64.4 Å². The average Bonchev–Trinajstić information content (AvgIpc) is 3.30. The monoisotopic (exact) mass is 397 g/mol. The molecular formula is C16H23N5OS3. The van der Waals surface area contributed by atoms with Gasteiger partial charge in [-0.3, -0.25) is 9.69 Å². The van der Waals surface area contributed by atoms with Crippen molar-refractivity contribution in [1.82, 2.24) is 20.0 Å². The maximum absolute atomic E-state index is 12.4. The van der Waals surface area contributed by atoms with E-state index < -0.39 is 0 Å². The van der Waals surface area contributed by atoms with E-state index in [0.717, 1.165) is 55.2 Å². The van der Waals surface area contributed by atoms with Gasteiger partial charge in [0, 0.05) is 44.1 Å². The predicted molar refractivity (Wildman–Crippen MR) is 106 cm³/mol. The van der Waals surface area contributed by atoms with Crippen molar-refractivity contribution >= 4 is 45.5 Å². The molecule has 1 aliphatic rings. The van der Waals surface area contributed by atoms with E-state index in [2.05, 4.69) is 44.9 Å². The number of amides is 1. The first-order valence-electron chi connectivity index (χ1n) is 8.47. The van der Waals surface area contributed by atoms with Gasteiger partial charge in [-0.25, -0.2) is 0 Å². The molecule has 0 aliphatic carbocycles. The van der Waals surface area contributed by atoms with Crippen molar-refractivity contribution in [3.8, 4) is 0 Å². The van der Waals surface area contributed by atoms with Gasteiger partial charge < -0.3 is 10.2 Å². The van der Waals surface area contributed by atoms with Crippen molar-refractivity contribution in [2.75, 3.05) is 43.8 Å². The van der Waals surface area contributed by atoms with Crippen molar-refractivity contribution in [3.63, 3.8) is 0 Å². The highest BCUT2D eigenvalue weighted by atomic mass is 32.2. The second-order valence-electron chi connectivity index (χ2n) is 5.82. The predicted octanol–water partition coefficient (Wildman–Crippen LogP) is 2.86. The minimum atomic E-state index is 0.194. The van der Waals surface area contributed by atoms with Gasteiger partial charge in [0.25, 0.3) is 0 Å². The summed E-state index contributed by atoms with van der Waals surface area (Å²) in [5.41, 5.74) is 0. The van der Waals surface area contributed by atoms with Crippen LogP contribution in [0.25, 0.3) is 0 Å². The van der Waals surface area contributed by atoms with Gasteiger partial charge in [0.2, 0.25) is 11.0 Å². The molecule has 136 valence electrons. The number of thiophene rings is 1. The van der Waals surface area contributed by atoms with E-state index in [4.69, 9.17) is 0 Å². The molecular weight excluding hydrogens is 374 g/mol. The molecule has 25 heavy (non-hydrogen) atoms. The molecule has 0 spiro atoms. The molecule has 9 heteroatoms. The number of hydrogen-bond acceptors (Lipinski definition) is 8. The van der Waals surface area contributed by atoms with Gasteiger partial charge >= 0.3 is 0 Å². The summed E-state index contributed by atoms with van der Waals surface area (Å²) >= 11 is 4.79. The topological polar surface area (TPSA) is 61.4 Å². The molecule has 0 unspecified atom stereocenters. The Kier molecular flexibility index (Phi) is 7.09. The van der Waals surface area contributed by atoms with Crippen LogP contribution in [-0.2, 0) is 11.3 Å². The fourth-order valence-electron chi connectivity index (χ4n) is 2.56. The summed E-state index contributed by atoms with van der Waals surface area (Å²) in [5.74, 6) is 0.631. The van der Waals surface area contributed by atoms with Gasteiger partial charge in [-0.15, -0.1) is 21.5 Å². The van der Waals surface area contributed by atoms with Crippen molar-refractivity contribution in [3.05, 3.63) is 22.4 Å². The Bertz CT molecular complexity index is 653. The highest BCUT2D eigenvalue weighted by Gasteiger charge is 2.21. The molecule has 1 fully saturated rings. The summed E-state index contributed by atoms with van der Waals surface area (Å²) in [5, 5.41) is 14.4. The Labute approximate surface area is 160 Å². The van der Waals surface area contributed by atoms with Gasteiger partial charge in [-0.2, -0.15) is 0 Å². The average molecular weight is 398 g/mol. The summed E-state index contributed by atoms with van der Waals surface area (Å²) in [6, 6.07) is 4.26. The van der Waals surface area contributed by atoms with Gasteiger partial charge in [0.05, 0.1) is 5.75 Å². The molecule has 0 atom stereocenters. The normalized spacial score (nSPS) is 15.5. The number of rotatable bonds is 8. The van der Waals surface area contributed by atoms with Crippen LogP contribution < -0.4 is 5.32 Å². The first-order chi connectivity index (χ1) is 12.2. The molecule has 1 N–H and O–H groups in total. The molecule has 6 nitrogen and oxygen atoms in total. The zero-order valence-electron chi connectivity index (χ0n) is 14.3. The first-order valence-corrected chi connectivity index (χ1v) is 11.2. The fraction of sp³-hybridized carbons (Fsp3) is 0.562. The maximum atomic E-state index is 12.4. The first kappa shape index (κ1) is 18.6. The summed E-state index contributed by atoms with van der Waals surface area (Å²) < 4.78 is 0.850. The van der Waals surface area contributed by atoms with E-state index in [0.29, 0.717) is 5.75 Å². The molecule has 2 aromatic rings. The smallest absolute Gasteiger partial charge is 0.233 e. The number of nitrogens with zero attached hydrogens (tertiary/aromatic N) is 4. The van der Waals surface area contributed by atoms with Crippen molar-refractivity contribution in [1.29, 1.82) is 0 Å². The Morgan fingerprint density at radius 2 is 2.16 bits per heavy atom. The van der Waals surface area contributed by atoms with Crippen molar-refractivity contribution in [2.24, 2.45) is 0 Å². The molecule has 3 rings (SSSR count). The second kappa shape index (κ2) is 9.51. The van der Waals surface area contributed by atoms with Crippen LogP contribution >= 0.6 is 34.4 Å². The highest BCUT2D eigenvalue weighted by molar-refractivity contribution is 8.01. The standard InChI is InChI=1S/C16H23N5OS3/c1-2-5-17-15-18-19-16(25-15)24-12-14(22)21-8-6-20(7-9-21)11-13-4-3-10-23-13/h3-4,10H,2,5-9,11-12H2,1H3,(H,17,18). The lowest BCUT2D eigenvalue weighted by Gasteiger charge is -2.34. The third-order valence-electron chi connectivity index (χ3n) is 3.94. The van der Waals surface area contributed by atoms with Gasteiger partial charge in [0.1, 0.15) is 0 Å². The number of carbonyl (C=O) groups excluding carboxylic acids is 1. The minimum absolute atomic E-state index is 0.194. The largest absolute Gasteiger partial charge is 0.360 e. The van der Waals surface area contributed by atoms with Crippen LogP contribution in [0.4, 0.5) is 5.13 Å². The maximum Gasteiger partial charge on any atom is 0.233 e. The second-order valence-corrected chi connectivity index (χ2v) is 9.06. The summed E-state index contributed by atoms with van der Waals surface area (Å²) in [6.07, 6.45) is 1.05. The Morgan fingerprint density at radius 3 is 2.88 bits per heavy atom. The van der Waals surface area contributed by atoms with Crippen LogP contribution in [0.5, 0.6) is 0 Å². The van der Waals surface area contributed by atoms with Gasteiger partial charge in [-0.1, -0.05) is 36.1 Å². The molecule has 0 radical (unpaired) electrons. The van der Waals surface area contributed by atoms with Crippen LogP contribution in [0.1, 0.15) is 18.2 Å². The lowest BCUT2D eigenvalue weighted by molar-refractivity contribution is -0.130. The van der Waals surface area contributed by atoms with E-state index in [1.54, 1.807) is 11.3 Å². The summed E-state index contributed by atoms with van der Waals surface area (Å²) in [6.45, 7) is 7.51. The molecule has 1 saturated heterocycles. The number of anilines is 1. The van der Waals surface area contributed by atoms with Crippen LogP contribution in [0.2, 0.25) is 0 Å². The van der Waals surface area contributed by atoms with Crippen LogP contribution in [0.3, 0.4) is 0 Å². The molecule has 0 aromatic carbocycles. The number of carbonyl (C=O) groups is 1. The number of piperazine rings is 1. The van der Waals surface area contributed by atoms with E-state index in [9.17, 15) is 4.79 Å².